The first-order chi connectivity index (χ1) is 16.3. The van der Waals surface area contributed by atoms with Crippen molar-refractivity contribution in [2.75, 3.05) is 0 Å². The summed E-state index contributed by atoms with van der Waals surface area (Å²) in [5.74, 6) is 1.01. The molecule has 0 bridgehead atoms. The molecule has 0 amide bonds. The zero-order valence-electron chi connectivity index (χ0n) is 23.4. The van der Waals surface area contributed by atoms with Crippen molar-refractivity contribution >= 4 is 6.29 Å². The number of hydrogen-bond donors (Lipinski definition) is 0. The number of carbonyl (C=O) groups is 1. The molecule has 0 aliphatic heterocycles. The first kappa shape index (κ1) is 32.7. The second-order valence-electron chi connectivity index (χ2n) is 11.0. The molecule has 0 aliphatic carbocycles. The van der Waals surface area contributed by atoms with Crippen molar-refractivity contribution < 1.29 is 4.79 Å². The lowest BCUT2D eigenvalue weighted by molar-refractivity contribution is -0.107. The third kappa shape index (κ3) is 27.8. The highest BCUT2D eigenvalue weighted by atomic mass is 16.1. The number of unbranched alkanes of at least 4 members (excludes halogenated alkanes) is 22. The molecule has 198 valence electrons. The Labute approximate surface area is 210 Å². The van der Waals surface area contributed by atoms with E-state index in [0.717, 1.165) is 25.0 Å². The van der Waals surface area contributed by atoms with Crippen LogP contribution in [0.25, 0.3) is 0 Å². The van der Waals surface area contributed by atoms with E-state index in [0.29, 0.717) is 0 Å². The lowest BCUT2D eigenvalue weighted by Gasteiger charge is -2.17. The average Bonchev–Trinajstić information content (AvgIpc) is 2.83. The molecule has 0 rings (SSSR count). The first-order valence-electron chi connectivity index (χ1n) is 15.8. The van der Waals surface area contributed by atoms with Crippen LogP contribution in [-0.4, -0.2) is 6.29 Å². The highest BCUT2D eigenvalue weighted by Crippen LogP contribution is 2.25. The van der Waals surface area contributed by atoms with Gasteiger partial charge in [-0.2, -0.15) is 0 Å². The summed E-state index contributed by atoms with van der Waals surface area (Å²) in [6.07, 6.45) is 40.4. The zero-order chi connectivity index (χ0) is 24.1. The third-order valence-electron chi connectivity index (χ3n) is 7.62. The molecule has 0 aromatic rings. The largest absolute Gasteiger partial charge is 0.303 e. The Morgan fingerprint density at radius 2 is 0.667 bits per heavy atom. The summed E-state index contributed by atoms with van der Waals surface area (Å²) >= 11 is 0. The smallest absolute Gasteiger partial charge is 0.119 e. The van der Waals surface area contributed by atoms with Gasteiger partial charge >= 0.3 is 0 Å². The van der Waals surface area contributed by atoms with Gasteiger partial charge in [-0.25, -0.2) is 0 Å². The van der Waals surface area contributed by atoms with Crippen LogP contribution in [0.15, 0.2) is 0 Å². The van der Waals surface area contributed by atoms with Crippen LogP contribution >= 0.6 is 0 Å². The van der Waals surface area contributed by atoms with E-state index >= 15 is 0 Å². The molecule has 1 atom stereocenters. The molecule has 33 heavy (non-hydrogen) atoms. The summed E-state index contributed by atoms with van der Waals surface area (Å²) in [7, 11) is 0. The SMILES string of the molecule is CCCCCCCCCCCC(CCCCCCCC)CCCCCCCCCCCC=O. The molecule has 0 saturated carbocycles. The summed E-state index contributed by atoms with van der Waals surface area (Å²) in [5.41, 5.74) is 0. The average molecular weight is 465 g/mol. The number of aldehydes is 1. The molecule has 0 aromatic heterocycles. The first-order valence-corrected chi connectivity index (χ1v) is 15.8. The van der Waals surface area contributed by atoms with E-state index in [1.807, 2.05) is 0 Å². The van der Waals surface area contributed by atoms with Gasteiger partial charge in [-0.15, -0.1) is 0 Å². The fourth-order valence-electron chi connectivity index (χ4n) is 5.29. The van der Waals surface area contributed by atoms with Gasteiger partial charge in [0, 0.05) is 6.42 Å². The maximum absolute atomic E-state index is 10.3. The van der Waals surface area contributed by atoms with E-state index in [9.17, 15) is 4.79 Å². The van der Waals surface area contributed by atoms with Crippen molar-refractivity contribution in [3.8, 4) is 0 Å². The van der Waals surface area contributed by atoms with Gasteiger partial charge in [0.2, 0.25) is 0 Å². The lowest BCUT2D eigenvalue weighted by atomic mass is 9.89. The molecule has 0 saturated heterocycles. The lowest BCUT2D eigenvalue weighted by Crippen LogP contribution is -2.01. The summed E-state index contributed by atoms with van der Waals surface area (Å²) in [5, 5.41) is 0. The Morgan fingerprint density at radius 1 is 0.394 bits per heavy atom. The molecular formula is C32H64O. The van der Waals surface area contributed by atoms with Crippen LogP contribution in [-0.2, 0) is 4.79 Å². The van der Waals surface area contributed by atoms with E-state index in [-0.39, 0.29) is 0 Å². The van der Waals surface area contributed by atoms with E-state index in [1.165, 1.54) is 167 Å². The fourth-order valence-corrected chi connectivity index (χ4v) is 5.29. The van der Waals surface area contributed by atoms with Crippen LogP contribution in [0.4, 0.5) is 0 Å². The molecule has 1 nitrogen and oxygen atoms in total. The maximum atomic E-state index is 10.3. The van der Waals surface area contributed by atoms with Gasteiger partial charge in [0.15, 0.2) is 0 Å². The van der Waals surface area contributed by atoms with Crippen molar-refractivity contribution in [3.05, 3.63) is 0 Å². The Kier molecular flexibility index (Phi) is 29.4. The highest BCUT2D eigenvalue weighted by Gasteiger charge is 2.09. The van der Waals surface area contributed by atoms with Crippen LogP contribution < -0.4 is 0 Å². The minimum atomic E-state index is 0.763. The number of rotatable bonds is 29. The van der Waals surface area contributed by atoms with Crippen molar-refractivity contribution in [2.45, 2.75) is 194 Å². The second kappa shape index (κ2) is 29.7. The molecule has 1 heteroatoms. The predicted molar refractivity (Wildman–Crippen MR) is 150 cm³/mol. The van der Waals surface area contributed by atoms with Crippen LogP contribution in [0.5, 0.6) is 0 Å². The van der Waals surface area contributed by atoms with Crippen molar-refractivity contribution in [2.24, 2.45) is 5.92 Å². The molecule has 0 radical (unpaired) electrons. The van der Waals surface area contributed by atoms with Gasteiger partial charge < -0.3 is 4.79 Å². The molecule has 1 unspecified atom stereocenters. The van der Waals surface area contributed by atoms with Gasteiger partial charge in [0.05, 0.1) is 0 Å². The van der Waals surface area contributed by atoms with Crippen LogP contribution in [0.2, 0.25) is 0 Å². The van der Waals surface area contributed by atoms with Crippen LogP contribution in [0, 0.1) is 5.92 Å². The van der Waals surface area contributed by atoms with Gasteiger partial charge in [-0.1, -0.05) is 181 Å². The van der Waals surface area contributed by atoms with Crippen LogP contribution in [0.3, 0.4) is 0 Å². The Balaban J connectivity index is 3.79. The molecule has 0 aliphatic rings. The Morgan fingerprint density at radius 3 is 0.970 bits per heavy atom. The van der Waals surface area contributed by atoms with Gasteiger partial charge in [0.25, 0.3) is 0 Å². The Hall–Kier alpha value is -0.330. The summed E-state index contributed by atoms with van der Waals surface area (Å²) < 4.78 is 0. The third-order valence-corrected chi connectivity index (χ3v) is 7.62. The zero-order valence-corrected chi connectivity index (χ0v) is 23.4. The normalized spacial score (nSPS) is 12.3. The van der Waals surface area contributed by atoms with E-state index < -0.39 is 0 Å². The molecule has 0 spiro atoms. The number of hydrogen-bond acceptors (Lipinski definition) is 1. The van der Waals surface area contributed by atoms with Crippen molar-refractivity contribution in [1.82, 2.24) is 0 Å². The fraction of sp³-hybridized carbons (Fsp3) is 0.969. The van der Waals surface area contributed by atoms with Gasteiger partial charge in [0.1, 0.15) is 6.29 Å². The maximum Gasteiger partial charge on any atom is 0.119 e. The quantitative estimate of drug-likeness (QED) is 0.0794. The summed E-state index contributed by atoms with van der Waals surface area (Å²) in [6.45, 7) is 4.63. The minimum Gasteiger partial charge on any atom is -0.303 e. The molecule has 0 fully saturated rings. The van der Waals surface area contributed by atoms with Gasteiger partial charge in [-0.05, 0) is 12.3 Å². The standard InChI is InChI=1S/C32H64O/c1-3-5-7-9-11-14-17-21-25-29-32(28-24-20-10-8-6-4-2)30-26-22-18-15-12-13-16-19-23-27-31-33/h31-32H,3-30H2,1-2H3. The Bertz CT molecular complexity index is 350. The molecular weight excluding hydrogens is 400 g/mol. The second-order valence-corrected chi connectivity index (χ2v) is 11.0. The topological polar surface area (TPSA) is 17.1 Å². The summed E-state index contributed by atoms with van der Waals surface area (Å²) in [4.78, 5) is 10.3. The molecule has 0 aromatic carbocycles. The van der Waals surface area contributed by atoms with E-state index in [4.69, 9.17) is 0 Å². The molecule has 0 heterocycles. The minimum absolute atomic E-state index is 0.763. The number of carbonyl (C=O) groups excluding carboxylic acids is 1. The highest BCUT2D eigenvalue weighted by molar-refractivity contribution is 5.48. The predicted octanol–water partition coefficient (Wildman–Crippen LogP) is 11.8. The summed E-state index contributed by atoms with van der Waals surface area (Å²) in [6, 6.07) is 0. The van der Waals surface area contributed by atoms with Gasteiger partial charge in [-0.3, -0.25) is 0 Å². The monoisotopic (exact) mass is 464 g/mol. The van der Waals surface area contributed by atoms with Crippen molar-refractivity contribution in [1.29, 1.82) is 0 Å². The van der Waals surface area contributed by atoms with Crippen LogP contribution in [0.1, 0.15) is 194 Å². The van der Waals surface area contributed by atoms with E-state index in [1.54, 1.807) is 0 Å². The van der Waals surface area contributed by atoms with E-state index in [2.05, 4.69) is 13.8 Å². The van der Waals surface area contributed by atoms with Crippen molar-refractivity contribution in [3.63, 3.8) is 0 Å². The molecule has 0 N–H and O–H groups in total.